The normalized spacial score (nSPS) is 13.3. The topological polar surface area (TPSA) is 39.7 Å². The van der Waals surface area contributed by atoms with E-state index in [1.165, 1.54) is 16.7 Å². The van der Waals surface area contributed by atoms with Crippen molar-refractivity contribution >= 4 is 0 Å². The highest BCUT2D eigenvalue weighted by Gasteiger charge is 2.19. The summed E-state index contributed by atoms with van der Waals surface area (Å²) in [7, 11) is 1.69. The molecule has 1 N–H and O–H groups in total. The van der Waals surface area contributed by atoms with Gasteiger partial charge in [0.15, 0.2) is 11.5 Å². The van der Waals surface area contributed by atoms with Gasteiger partial charge in [0.25, 0.3) is 0 Å². The molecule has 3 aromatic carbocycles. The third-order valence-electron chi connectivity index (χ3n) is 5.10. The average molecular weight is 375 g/mol. The summed E-state index contributed by atoms with van der Waals surface area (Å²) in [5, 5.41) is 3.57. The minimum atomic E-state index is 0.267. The fraction of sp³-hybridized carbons (Fsp3) is 0.250. The van der Waals surface area contributed by atoms with Crippen LogP contribution in [-0.2, 0) is 6.54 Å². The number of methoxy groups -OCH3 is 1. The van der Waals surface area contributed by atoms with Crippen LogP contribution in [0.4, 0.5) is 0 Å². The molecule has 0 saturated carbocycles. The Labute approximate surface area is 166 Å². The van der Waals surface area contributed by atoms with Gasteiger partial charge < -0.3 is 19.5 Å². The quantitative estimate of drug-likeness (QED) is 0.578. The number of rotatable bonds is 8. The largest absolute Gasteiger partial charge is 0.497 e. The molecule has 0 unspecified atom stereocenters. The zero-order valence-electron chi connectivity index (χ0n) is 16.1. The second-order valence-corrected chi connectivity index (χ2v) is 6.89. The molecule has 28 heavy (non-hydrogen) atoms. The highest BCUT2D eigenvalue weighted by atomic mass is 16.7. The summed E-state index contributed by atoms with van der Waals surface area (Å²) >= 11 is 0. The van der Waals surface area contributed by atoms with Crippen molar-refractivity contribution in [1.82, 2.24) is 5.32 Å². The van der Waals surface area contributed by atoms with Gasteiger partial charge in [0.2, 0.25) is 6.79 Å². The van der Waals surface area contributed by atoms with Crippen molar-refractivity contribution in [2.75, 3.05) is 20.4 Å². The maximum absolute atomic E-state index is 5.59. The molecular formula is C24H25NO3. The lowest BCUT2D eigenvalue weighted by atomic mass is 9.88. The van der Waals surface area contributed by atoms with Gasteiger partial charge in [0.1, 0.15) is 5.75 Å². The Kier molecular flexibility index (Phi) is 5.78. The molecular weight excluding hydrogens is 350 g/mol. The summed E-state index contributed by atoms with van der Waals surface area (Å²) in [5.41, 5.74) is 3.80. The summed E-state index contributed by atoms with van der Waals surface area (Å²) in [6.45, 7) is 2.09. The molecule has 0 aromatic heterocycles. The Balaban J connectivity index is 1.49. The summed E-state index contributed by atoms with van der Waals surface area (Å²) in [4.78, 5) is 0. The van der Waals surface area contributed by atoms with Crippen molar-refractivity contribution in [1.29, 1.82) is 0 Å². The Hall–Kier alpha value is -2.98. The number of hydrogen-bond donors (Lipinski definition) is 1. The molecule has 1 aliphatic rings. The Morgan fingerprint density at radius 1 is 0.893 bits per heavy atom. The number of benzene rings is 3. The maximum atomic E-state index is 5.59. The van der Waals surface area contributed by atoms with Crippen LogP contribution >= 0.6 is 0 Å². The van der Waals surface area contributed by atoms with E-state index >= 15 is 0 Å². The van der Waals surface area contributed by atoms with Gasteiger partial charge in [-0.05, 0) is 53.9 Å². The van der Waals surface area contributed by atoms with E-state index in [-0.39, 0.29) is 5.92 Å². The second kappa shape index (κ2) is 8.81. The predicted octanol–water partition coefficient (Wildman–Crippen LogP) is 4.74. The first-order chi connectivity index (χ1) is 13.8. The fourth-order valence-electron chi connectivity index (χ4n) is 3.57. The molecule has 4 rings (SSSR count). The van der Waals surface area contributed by atoms with Crippen molar-refractivity contribution in [2.24, 2.45) is 0 Å². The van der Waals surface area contributed by atoms with E-state index in [1.807, 2.05) is 24.3 Å². The third kappa shape index (κ3) is 4.29. The van der Waals surface area contributed by atoms with Crippen molar-refractivity contribution in [2.45, 2.75) is 18.9 Å². The smallest absolute Gasteiger partial charge is 0.231 e. The lowest BCUT2D eigenvalue weighted by Crippen LogP contribution is -2.17. The first kappa shape index (κ1) is 18.4. The number of nitrogens with one attached hydrogen (secondary N) is 1. The van der Waals surface area contributed by atoms with Crippen molar-refractivity contribution in [3.63, 3.8) is 0 Å². The molecule has 0 bridgehead atoms. The molecule has 1 atom stereocenters. The molecule has 3 aromatic rings. The van der Waals surface area contributed by atoms with Crippen LogP contribution < -0.4 is 19.5 Å². The van der Waals surface area contributed by atoms with E-state index in [9.17, 15) is 0 Å². The summed E-state index contributed by atoms with van der Waals surface area (Å²) in [6, 6.07) is 25.1. The lowest BCUT2D eigenvalue weighted by Gasteiger charge is -2.19. The maximum Gasteiger partial charge on any atom is 0.231 e. The van der Waals surface area contributed by atoms with Gasteiger partial charge in [-0.1, -0.05) is 48.5 Å². The molecule has 4 heteroatoms. The van der Waals surface area contributed by atoms with Gasteiger partial charge in [-0.3, -0.25) is 0 Å². The van der Waals surface area contributed by atoms with Gasteiger partial charge in [0.05, 0.1) is 7.11 Å². The van der Waals surface area contributed by atoms with Crippen LogP contribution in [0.15, 0.2) is 72.8 Å². The minimum Gasteiger partial charge on any atom is -0.497 e. The van der Waals surface area contributed by atoms with E-state index in [2.05, 4.69) is 53.8 Å². The zero-order valence-corrected chi connectivity index (χ0v) is 16.1. The van der Waals surface area contributed by atoms with Crippen LogP contribution in [0.2, 0.25) is 0 Å². The third-order valence-corrected chi connectivity index (χ3v) is 5.10. The molecule has 0 saturated heterocycles. The minimum absolute atomic E-state index is 0.267. The molecule has 0 spiro atoms. The van der Waals surface area contributed by atoms with Crippen LogP contribution in [0.3, 0.4) is 0 Å². The monoisotopic (exact) mass is 375 g/mol. The predicted molar refractivity (Wildman–Crippen MR) is 110 cm³/mol. The summed E-state index contributed by atoms with van der Waals surface area (Å²) < 4.78 is 16.4. The molecule has 1 heterocycles. The van der Waals surface area contributed by atoms with Gasteiger partial charge in [-0.2, -0.15) is 0 Å². The fourth-order valence-corrected chi connectivity index (χ4v) is 3.57. The van der Waals surface area contributed by atoms with Gasteiger partial charge in [-0.15, -0.1) is 0 Å². The SMILES string of the molecule is COc1ccc([C@H](CCNCc2ccccc2)c2ccc3c(c2)OCO3)cc1. The zero-order chi connectivity index (χ0) is 19.2. The highest BCUT2D eigenvalue weighted by molar-refractivity contribution is 5.47. The molecule has 0 aliphatic carbocycles. The number of fused-ring (bicyclic) bond motifs is 1. The molecule has 0 amide bonds. The standard InChI is InChI=1S/C24H25NO3/c1-26-21-10-7-19(8-11-21)22(13-14-25-16-18-5-3-2-4-6-18)20-9-12-23-24(15-20)28-17-27-23/h2-12,15,22,25H,13-14,16-17H2,1H3/t22-/m0/s1. The van der Waals surface area contributed by atoms with Gasteiger partial charge in [-0.25, -0.2) is 0 Å². The lowest BCUT2D eigenvalue weighted by molar-refractivity contribution is 0.174. The average Bonchev–Trinajstić information content (AvgIpc) is 3.23. The van der Waals surface area contributed by atoms with E-state index in [1.54, 1.807) is 7.11 Å². The van der Waals surface area contributed by atoms with Gasteiger partial charge in [0, 0.05) is 12.5 Å². The molecule has 0 fully saturated rings. The van der Waals surface area contributed by atoms with E-state index in [0.717, 1.165) is 36.8 Å². The second-order valence-electron chi connectivity index (χ2n) is 6.89. The number of hydrogen-bond acceptors (Lipinski definition) is 4. The van der Waals surface area contributed by atoms with E-state index < -0.39 is 0 Å². The molecule has 144 valence electrons. The first-order valence-electron chi connectivity index (χ1n) is 9.61. The van der Waals surface area contributed by atoms with Crippen molar-refractivity contribution in [3.8, 4) is 17.2 Å². The van der Waals surface area contributed by atoms with Gasteiger partial charge >= 0.3 is 0 Å². The Morgan fingerprint density at radius 3 is 2.43 bits per heavy atom. The molecule has 4 nitrogen and oxygen atoms in total. The first-order valence-corrected chi connectivity index (χ1v) is 9.61. The van der Waals surface area contributed by atoms with Crippen LogP contribution in [-0.4, -0.2) is 20.4 Å². The van der Waals surface area contributed by atoms with E-state index in [4.69, 9.17) is 14.2 Å². The van der Waals surface area contributed by atoms with Crippen LogP contribution in [0.25, 0.3) is 0 Å². The van der Waals surface area contributed by atoms with Crippen molar-refractivity contribution in [3.05, 3.63) is 89.5 Å². The molecule has 1 aliphatic heterocycles. The number of ether oxygens (including phenoxy) is 3. The summed E-state index contributed by atoms with van der Waals surface area (Å²) in [6.07, 6.45) is 0.985. The van der Waals surface area contributed by atoms with E-state index in [0.29, 0.717) is 6.79 Å². The molecule has 0 radical (unpaired) electrons. The van der Waals surface area contributed by atoms with Crippen LogP contribution in [0.5, 0.6) is 17.2 Å². The highest BCUT2D eigenvalue weighted by Crippen LogP contribution is 2.37. The Morgan fingerprint density at radius 2 is 1.64 bits per heavy atom. The van der Waals surface area contributed by atoms with Crippen LogP contribution in [0.1, 0.15) is 29.0 Å². The van der Waals surface area contributed by atoms with Crippen molar-refractivity contribution < 1.29 is 14.2 Å². The summed E-state index contributed by atoms with van der Waals surface area (Å²) in [5.74, 6) is 2.78. The Bertz CT molecular complexity index is 893. The van der Waals surface area contributed by atoms with Crippen LogP contribution in [0, 0.1) is 0 Å².